The highest BCUT2D eigenvalue weighted by Gasteiger charge is 2.42. The van der Waals surface area contributed by atoms with Crippen LogP contribution in [0, 0.1) is 47.3 Å². The van der Waals surface area contributed by atoms with Crippen molar-refractivity contribution in [2.45, 2.75) is 190 Å². The molecule has 0 aromatic carbocycles. The molecule has 0 aliphatic heterocycles. The summed E-state index contributed by atoms with van der Waals surface area (Å²) in [5.74, 6) is -0.518. The van der Waals surface area contributed by atoms with Crippen LogP contribution in [0.5, 0.6) is 0 Å². The molecule has 290 valence electrons. The smallest absolute Gasteiger partial charge is 0.310 e. The molecule has 6 rings (SSSR count). The zero-order valence-electron chi connectivity index (χ0n) is 31.3. The molecule has 9 heteroatoms. The van der Waals surface area contributed by atoms with Crippen molar-refractivity contribution >= 4 is 29.7 Å². The van der Waals surface area contributed by atoms with Crippen molar-refractivity contribution in [1.29, 1.82) is 0 Å². The number of hydrogen-bond donors (Lipinski definition) is 2. The Balaban J connectivity index is 0.861. The lowest BCUT2D eigenvalue weighted by atomic mass is 9.70. The Morgan fingerprint density at radius 2 is 1.02 bits per heavy atom. The SMILES string of the molecule is O=C(O)C1CCC(CC2CCCCC2)CC1COOC1CCC(SC2CCC(OC(=O)C3CC(CC4CCCCC4)CCC3C(=O)O)CC2)CC1. The van der Waals surface area contributed by atoms with Gasteiger partial charge in [-0.25, -0.2) is 9.78 Å². The van der Waals surface area contributed by atoms with E-state index in [1.807, 2.05) is 0 Å². The molecule has 0 radical (unpaired) electrons. The second kappa shape index (κ2) is 19.8. The summed E-state index contributed by atoms with van der Waals surface area (Å²) in [4.78, 5) is 49.2. The van der Waals surface area contributed by atoms with Gasteiger partial charge in [0.05, 0.1) is 30.5 Å². The maximum Gasteiger partial charge on any atom is 0.310 e. The highest BCUT2D eigenvalue weighted by molar-refractivity contribution is 8.00. The molecule has 0 aromatic rings. The third kappa shape index (κ3) is 11.8. The van der Waals surface area contributed by atoms with Gasteiger partial charge in [0.25, 0.3) is 0 Å². The minimum atomic E-state index is -0.839. The van der Waals surface area contributed by atoms with Gasteiger partial charge < -0.3 is 14.9 Å². The van der Waals surface area contributed by atoms with E-state index in [0.717, 1.165) is 95.3 Å². The molecule has 2 N–H and O–H groups in total. The fourth-order valence-electron chi connectivity index (χ4n) is 11.2. The Kier molecular flexibility index (Phi) is 15.3. The largest absolute Gasteiger partial charge is 0.481 e. The molecule has 6 atom stereocenters. The first-order valence-electron chi connectivity index (χ1n) is 21.4. The molecular formula is C42H68O8S. The van der Waals surface area contributed by atoms with Gasteiger partial charge in [0.2, 0.25) is 0 Å². The normalized spacial score (nSPS) is 37.4. The first-order chi connectivity index (χ1) is 24.8. The molecule has 6 aliphatic rings. The summed E-state index contributed by atoms with van der Waals surface area (Å²) >= 11 is 2.10. The lowest BCUT2D eigenvalue weighted by Crippen LogP contribution is -2.39. The Morgan fingerprint density at radius 1 is 0.510 bits per heavy atom. The summed E-state index contributed by atoms with van der Waals surface area (Å²) in [7, 11) is 0. The van der Waals surface area contributed by atoms with Crippen LogP contribution in [-0.4, -0.2) is 57.4 Å². The minimum Gasteiger partial charge on any atom is -0.481 e. The van der Waals surface area contributed by atoms with Gasteiger partial charge in [-0.2, -0.15) is 11.8 Å². The van der Waals surface area contributed by atoms with Crippen LogP contribution in [0.2, 0.25) is 0 Å². The molecule has 0 bridgehead atoms. The number of esters is 1. The van der Waals surface area contributed by atoms with Crippen LogP contribution < -0.4 is 0 Å². The van der Waals surface area contributed by atoms with Gasteiger partial charge in [-0.15, -0.1) is 0 Å². The fraction of sp³-hybridized carbons (Fsp3) is 0.929. The van der Waals surface area contributed by atoms with Crippen LogP contribution in [0.4, 0.5) is 0 Å². The molecule has 6 fully saturated rings. The molecule has 6 unspecified atom stereocenters. The van der Waals surface area contributed by atoms with E-state index in [1.54, 1.807) is 0 Å². The van der Waals surface area contributed by atoms with Crippen molar-refractivity contribution in [3.63, 3.8) is 0 Å². The Morgan fingerprint density at radius 3 is 1.57 bits per heavy atom. The predicted octanol–water partition coefficient (Wildman–Crippen LogP) is 10.0. The zero-order valence-corrected chi connectivity index (χ0v) is 32.1. The quantitative estimate of drug-likeness (QED) is 0.102. The summed E-state index contributed by atoms with van der Waals surface area (Å²) in [5.41, 5.74) is 0. The molecular weight excluding hydrogens is 665 g/mol. The summed E-state index contributed by atoms with van der Waals surface area (Å²) in [6, 6.07) is 0. The van der Waals surface area contributed by atoms with Crippen molar-refractivity contribution < 1.29 is 39.1 Å². The van der Waals surface area contributed by atoms with E-state index < -0.39 is 23.8 Å². The maximum absolute atomic E-state index is 13.4. The first-order valence-corrected chi connectivity index (χ1v) is 22.3. The Hall–Kier alpha value is -1.32. The van der Waals surface area contributed by atoms with E-state index in [1.165, 1.54) is 70.6 Å². The number of carbonyl (C=O) groups excluding carboxylic acids is 1. The number of carboxylic acid groups (broad SMARTS) is 2. The third-order valence-corrected chi connectivity index (χ3v) is 15.9. The first kappa shape index (κ1) is 39.4. The van der Waals surface area contributed by atoms with Crippen LogP contribution in [0.1, 0.15) is 167 Å². The van der Waals surface area contributed by atoms with E-state index >= 15 is 0 Å². The van der Waals surface area contributed by atoms with E-state index in [0.29, 0.717) is 41.8 Å². The number of hydrogen-bond acceptors (Lipinski definition) is 7. The molecule has 0 spiro atoms. The number of ether oxygens (including phenoxy) is 1. The summed E-state index contributed by atoms with van der Waals surface area (Å²) in [5, 5.41) is 21.0. The van der Waals surface area contributed by atoms with Gasteiger partial charge >= 0.3 is 17.9 Å². The van der Waals surface area contributed by atoms with Crippen LogP contribution in [0.15, 0.2) is 0 Å². The second-order valence-electron chi connectivity index (χ2n) is 17.8. The van der Waals surface area contributed by atoms with Gasteiger partial charge in [0, 0.05) is 10.5 Å². The van der Waals surface area contributed by atoms with Crippen molar-refractivity contribution in [3.8, 4) is 0 Å². The monoisotopic (exact) mass is 732 g/mol. The Bertz CT molecular complexity index is 1090. The molecule has 8 nitrogen and oxygen atoms in total. The summed E-state index contributed by atoms with van der Waals surface area (Å²) < 4.78 is 6.07. The minimum absolute atomic E-state index is 0.0376. The van der Waals surface area contributed by atoms with Gasteiger partial charge in [-0.1, -0.05) is 64.2 Å². The van der Waals surface area contributed by atoms with Crippen molar-refractivity contribution in [3.05, 3.63) is 0 Å². The van der Waals surface area contributed by atoms with Gasteiger partial charge in [0.1, 0.15) is 6.10 Å². The average molecular weight is 733 g/mol. The fourth-order valence-corrected chi connectivity index (χ4v) is 12.8. The van der Waals surface area contributed by atoms with Crippen molar-refractivity contribution in [2.24, 2.45) is 47.3 Å². The van der Waals surface area contributed by atoms with Gasteiger partial charge in [0.15, 0.2) is 0 Å². The molecule has 0 amide bonds. The van der Waals surface area contributed by atoms with Crippen LogP contribution >= 0.6 is 11.8 Å². The summed E-state index contributed by atoms with van der Waals surface area (Å²) in [6.07, 6.45) is 28.6. The number of rotatable bonds is 14. The Labute approximate surface area is 311 Å². The standard InChI is InChI=1S/C42H68O8S/c43-40(44)37-21-11-30(23-28-7-3-1-4-8-28)25-32(37)27-48-50-34-15-19-36(20-16-34)51-35-17-13-33(14-18-35)49-42(47)39-26-31(12-22-38(39)41(45)46)24-29-9-5-2-6-10-29/h28-39H,1-27H2,(H,43,44)(H,45,46). The van der Waals surface area contributed by atoms with Crippen molar-refractivity contribution in [2.75, 3.05) is 6.61 Å². The lowest BCUT2D eigenvalue weighted by molar-refractivity contribution is -0.336. The topological polar surface area (TPSA) is 119 Å². The van der Waals surface area contributed by atoms with Gasteiger partial charge in [-0.05, 0) is 132 Å². The number of aliphatic carboxylic acids is 2. The molecule has 0 heterocycles. The number of carbonyl (C=O) groups is 3. The molecule has 6 saturated carbocycles. The zero-order chi connectivity index (χ0) is 35.6. The third-order valence-electron chi connectivity index (χ3n) is 14.2. The second-order valence-corrected chi connectivity index (χ2v) is 19.5. The van der Waals surface area contributed by atoms with E-state index in [4.69, 9.17) is 14.5 Å². The highest BCUT2D eigenvalue weighted by atomic mass is 32.2. The lowest BCUT2D eigenvalue weighted by Gasteiger charge is -2.37. The number of carboxylic acids is 2. The number of thioether (sulfide) groups is 1. The van der Waals surface area contributed by atoms with E-state index in [9.17, 15) is 24.6 Å². The predicted molar refractivity (Wildman–Crippen MR) is 199 cm³/mol. The average Bonchev–Trinajstić information content (AvgIpc) is 3.14. The van der Waals surface area contributed by atoms with Crippen LogP contribution in [0.3, 0.4) is 0 Å². The van der Waals surface area contributed by atoms with Gasteiger partial charge in [-0.3, -0.25) is 14.4 Å². The summed E-state index contributed by atoms with van der Waals surface area (Å²) in [6.45, 7) is 0.388. The molecule has 0 saturated heterocycles. The van der Waals surface area contributed by atoms with E-state index in [2.05, 4.69) is 11.8 Å². The molecule has 51 heavy (non-hydrogen) atoms. The molecule has 0 aromatic heterocycles. The maximum atomic E-state index is 13.4. The highest BCUT2D eigenvalue weighted by Crippen LogP contribution is 2.43. The molecule has 6 aliphatic carbocycles. The van der Waals surface area contributed by atoms with Crippen LogP contribution in [-0.2, 0) is 28.9 Å². The van der Waals surface area contributed by atoms with Crippen LogP contribution in [0.25, 0.3) is 0 Å². The van der Waals surface area contributed by atoms with Crippen molar-refractivity contribution in [1.82, 2.24) is 0 Å². The van der Waals surface area contributed by atoms with E-state index in [-0.39, 0.29) is 30.0 Å².